The van der Waals surface area contributed by atoms with Crippen LogP contribution in [0.1, 0.15) is 18.4 Å². The topological polar surface area (TPSA) is 55.2 Å². The highest BCUT2D eigenvalue weighted by Crippen LogP contribution is 2.28. The second-order valence-electron chi connectivity index (χ2n) is 6.48. The van der Waals surface area contributed by atoms with Crippen molar-refractivity contribution in [3.8, 4) is 5.69 Å². The van der Waals surface area contributed by atoms with Crippen LogP contribution in [-0.4, -0.2) is 58.1 Å². The highest BCUT2D eigenvalue weighted by molar-refractivity contribution is 5.35. The van der Waals surface area contributed by atoms with E-state index in [1.54, 1.807) is 12.1 Å². The quantitative estimate of drug-likeness (QED) is 0.866. The van der Waals surface area contributed by atoms with E-state index in [-0.39, 0.29) is 11.9 Å². The summed E-state index contributed by atoms with van der Waals surface area (Å²) in [7, 11) is 0. The molecule has 2 aliphatic rings. The van der Waals surface area contributed by atoms with Crippen LogP contribution in [0.15, 0.2) is 30.9 Å². The molecule has 0 unspecified atom stereocenters. The van der Waals surface area contributed by atoms with Crippen LogP contribution in [-0.2, 0) is 11.3 Å². The number of hydrogen-bond acceptors (Lipinski definition) is 5. The molecular weight excluding hydrogens is 309 g/mol. The Balaban J connectivity index is 1.29. The molecular formula is C17H22FN5O. The predicted octanol–water partition coefficient (Wildman–Crippen LogP) is 1.36. The minimum absolute atomic E-state index is 0.221. The van der Waals surface area contributed by atoms with E-state index in [0.29, 0.717) is 12.2 Å². The van der Waals surface area contributed by atoms with E-state index in [1.165, 1.54) is 30.2 Å². The zero-order valence-electron chi connectivity index (χ0n) is 13.6. The standard InChI is InChI=1S/C17H22FN5O/c18-16-7-13(1-4-17(16)23-12-20-11-21-23)8-19-9-15-10-22(5-6-24-15)14-2-3-14/h1,4,7,11-12,14-15,19H,2-3,5-6,8-10H2/t15-/m0/s1. The maximum absolute atomic E-state index is 14.2. The van der Waals surface area contributed by atoms with Crippen molar-refractivity contribution in [1.82, 2.24) is 25.0 Å². The van der Waals surface area contributed by atoms with Gasteiger partial charge in [-0.25, -0.2) is 14.1 Å². The summed E-state index contributed by atoms with van der Waals surface area (Å²) in [5, 5.41) is 7.34. The van der Waals surface area contributed by atoms with Crippen LogP contribution in [0.4, 0.5) is 4.39 Å². The van der Waals surface area contributed by atoms with Gasteiger partial charge in [-0.05, 0) is 30.5 Å². The third kappa shape index (κ3) is 3.63. The summed E-state index contributed by atoms with van der Waals surface area (Å²) in [6.07, 6.45) is 5.76. The Kier molecular flexibility index (Phi) is 4.55. The summed E-state index contributed by atoms with van der Waals surface area (Å²) in [6.45, 7) is 4.27. The highest BCUT2D eigenvalue weighted by atomic mass is 19.1. The fourth-order valence-corrected chi connectivity index (χ4v) is 3.19. The molecule has 24 heavy (non-hydrogen) atoms. The van der Waals surface area contributed by atoms with Gasteiger partial charge in [0.25, 0.3) is 0 Å². The number of rotatable bonds is 6. The van der Waals surface area contributed by atoms with Crippen LogP contribution in [0.3, 0.4) is 0 Å². The molecule has 1 aliphatic carbocycles. The number of halogens is 1. The van der Waals surface area contributed by atoms with Gasteiger partial charge in [0.1, 0.15) is 24.2 Å². The van der Waals surface area contributed by atoms with Crippen molar-refractivity contribution in [2.45, 2.75) is 31.5 Å². The van der Waals surface area contributed by atoms with E-state index in [9.17, 15) is 4.39 Å². The van der Waals surface area contributed by atoms with Crippen LogP contribution in [0.25, 0.3) is 5.69 Å². The molecule has 1 saturated carbocycles. The van der Waals surface area contributed by atoms with Gasteiger partial charge in [-0.1, -0.05) is 6.07 Å². The molecule has 7 heteroatoms. The molecule has 4 rings (SSSR count). The Labute approximate surface area is 140 Å². The van der Waals surface area contributed by atoms with Crippen molar-refractivity contribution in [3.63, 3.8) is 0 Å². The second-order valence-corrected chi connectivity index (χ2v) is 6.48. The first-order valence-corrected chi connectivity index (χ1v) is 8.49. The normalized spacial score (nSPS) is 22.0. The molecule has 128 valence electrons. The smallest absolute Gasteiger partial charge is 0.149 e. The molecule has 1 aromatic carbocycles. The van der Waals surface area contributed by atoms with E-state index < -0.39 is 0 Å². The fraction of sp³-hybridized carbons (Fsp3) is 0.529. The first-order chi connectivity index (χ1) is 11.8. The maximum atomic E-state index is 14.2. The number of aromatic nitrogens is 3. The number of morpholine rings is 1. The van der Waals surface area contributed by atoms with E-state index >= 15 is 0 Å². The Bertz CT molecular complexity index is 674. The van der Waals surface area contributed by atoms with Crippen molar-refractivity contribution < 1.29 is 9.13 Å². The van der Waals surface area contributed by atoms with Crippen molar-refractivity contribution in [2.75, 3.05) is 26.2 Å². The highest BCUT2D eigenvalue weighted by Gasteiger charge is 2.32. The molecule has 0 radical (unpaired) electrons. The summed E-state index contributed by atoms with van der Waals surface area (Å²) in [6, 6.07) is 5.97. The van der Waals surface area contributed by atoms with E-state index in [2.05, 4.69) is 20.3 Å². The molecule has 6 nitrogen and oxygen atoms in total. The Morgan fingerprint density at radius 3 is 3.00 bits per heavy atom. The summed E-state index contributed by atoms with van der Waals surface area (Å²) in [5.74, 6) is -0.298. The van der Waals surface area contributed by atoms with Crippen molar-refractivity contribution >= 4 is 0 Å². The molecule has 2 aromatic rings. The van der Waals surface area contributed by atoms with Crippen LogP contribution in [0.5, 0.6) is 0 Å². The van der Waals surface area contributed by atoms with E-state index in [0.717, 1.165) is 37.8 Å². The molecule has 2 fully saturated rings. The van der Waals surface area contributed by atoms with Crippen molar-refractivity contribution in [2.24, 2.45) is 0 Å². The lowest BCUT2D eigenvalue weighted by Gasteiger charge is -2.33. The van der Waals surface area contributed by atoms with E-state index in [4.69, 9.17) is 4.74 Å². The lowest BCUT2D eigenvalue weighted by molar-refractivity contribution is -0.0301. The van der Waals surface area contributed by atoms with Gasteiger partial charge in [0.15, 0.2) is 0 Å². The molecule has 1 aliphatic heterocycles. The summed E-state index contributed by atoms with van der Waals surface area (Å²) < 4.78 is 21.4. The summed E-state index contributed by atoms with van der Waals surface area (Å²) >= 11 is 0. The predicted molar refractivity (Wildman–Crippen MR) is 87.4 cm³/mol. The number of hydrogen-bond donors (Lipinski definition) is 1. The van der Waals surface area contributed by atoms with Gasteiger partial charge in [-0.15, -0.1) is 0 Å². The molecule has 1 saturated heterocycles. The van der Waals surface area contributed by atoms with Crippen LogP contribution in [0.2, 0.25) is 0 Å². The Hall–Kier alpha value is -1.83. The summed E-state index contributed by atoms with van der Waals surface area (Å²) in [5.41, 5.74) is 1.32. The number of benzene rings is 1. The van der Waals surface area contributed by atoms with Crippen LogP contribution >= 0.6 is 0 Å². The van der Waals surface area contributed by atoms with Crippen LogP contribution in [0, 0.1) is 5.82 Å². The van der Waals surface area contributed by atoms with Crippen LogP contribution < -0.4 is 5.32 Å². The number of ether oxygens (including phenoxy) is 1. The average molecular weight is 331 g/mol. The molecule has 0 amide bonds. The van der Waals surface area contributed by atoms with Gasteiger partial charge in [0.2, 0.25) is 0 Å². The fourth-order valence-electron chi connectivity index (χ4n) is 3.19. The van der Waals surface area contributed by atoms with Gasteiger partial charge in [-0.3, -0.25) is 4.90 Å². The molecule has 1 aromatic heterocycles. The monoisotopic (exact) mass is 331 g/mol. The molecule has 0 spiro atoms. The van der Waals surface area contributed by atoms with Gasteiger partial charge in [0.05, 0.1) is 12.7 Å². The average Bonchev–Trinajstić information content (AvgIpc) is 3.31. The third-order valence-corrected chi connectivity index (χ3v) is 4.61. The first-order valence-electron chi connectivity index (χ1n) is 8.49. The molecule has 1 atom stereocenters. The minimum atomic E-state index is -0.298. The largest absolute Gasteiger partial charge is 0.374 e. The zero-order valence-corrected chi connectivity index (χ0v) is 13.6. The minimum Gasteiger partial charge on any atom is -0.374 e. The molecule has 2 heterocycles. The third-order valence-electron chi connectivity index (χ3n) is 4.61. The van der Waals surface area contributed by atoms with Gasteiger partial charge in [-0.2, -0.15) is 5.10 Å². The number of nitrogens with one attached hydrogen (secondary N) is 1. The second kappa shape index (κ2) is 6.96. The maximum Gasteiger partial charge on any atom is 0.149 e. The zero-order chi connectivity index (χ0) is 16.4. The van der Waals surface area contributed by atoms with Gasteiger partial charge < -0.3 is 10.1 Å². The van der Waals surface area contributed by atoms with E-state index in [1.807, 2.05) is 6.07 Å². The first kappa shape index (κ1) is 15.7. The van der Waals surface area contributed by atoms with Gasteiger partial charge in [0, 0.05) is 32.2 Å². The Morgan fingerprint density at radius 1 is 1.33 bits per heavy atom. The SMILES string of the molecule is Fc1cc(CNC[C@H]2CN(C3CC3)CCO2)ccc1-n1cncn1. The Morgan fingerprint density at radius 2 is 2.25 bits per heavy atom. The molecule has 1 N–H and O–H groups in total. The van der Waals surface area contributed by atoms with Crippen molar-refractivity contribution in [1.29, 1.82) is 0 Å². The summed E-state index contributed by atoms with van der Waals surface area (Å²) in [4.78, 5) is 6.37. The number of nitrogens with zero attached hydrogens (tertiary/aromatic N) is 4. The molecule has 0 bridgehead atoms. The van der Waals surface area contributed by atoms with Crippen molar-refractivity contribution in [3.05, 3.63) is 42.2 Å². The van der Waals surface area contributed by atoms with Gasteiger partial charge >= 0.3 is 0 Å². The lowest BCUT2D eigenvalue weighted by Crippen LogP contribution is -2.47. The lowest BCUT2D eigenvalue weighted by atomic mass is 10.2.